The summed E-state index contributed by atoms with van der Waals surface area (Å²) in [6.07, 6.45) is 1.78. The second kappa shape index (κ2) is 6.59. The highest BCUT2D eigenvalue weighted by atomic mass is 16.5. The van der Waals surface area contributed by atoms with Gasteiger partial charge in [-0.3, -0.25) is 14.5 Å². The number of nitrogens with zero attached hydrogens (tertiary/aromatic N) is 1. The summed E-state index contributed by atoms with van der Waals surface area (Å²) in [6, 6.07) is 0.0615. The topological polar surface area (TPSA) is 58.6 Å². The number of carbonyl (C=O) groups excluding carboxylic acids is 2. The highest BCUT2D eigenvalue weighted by Crippen LogP contribution is 2.14. The Bertz CT molecular complexity index is 273. The molecule has 5 nitrogen and oxygen atoms in total. The quantitative estimate of drug-likeness (QED) is 0.731. The Morgan fingerprint density at radius 1 is 1.41 bits per heavy atom. The van der Waals surface area contributed by atoms with E-state index in [1.165, 1.54) is 6.92 Å². The zero-order valence-corrected chi connectivity index (χ0v) is 10.9. The van der Waals surface area contributed by atoms with Crippen molar-refractivity contribution in [1.82, 2.24) is 10.2 Å². The predicted octanol–water partition coefficient (Wildman–Crippen LogP) is 0.539. The van der Waals surface area contributed by atoms with E-state index in [0.717, 1.165) is 25.9 Å². The van der Waals surface area contributed by atoms with Crippen LogP contribution in [0, 0.1) is 0 Å². The first-order valence-electron chi connectivity index (χ1n) is 6.22. The molecule has 5 heteroatoms. The number of hydrogen-bond acceptors (Lipinski definition) is 4. The maximum atomic E-state index is 11.6. The van der Waals surface area contributed by atoms with Crippen LogP contribution in [0.3, 0.4) is 0 Å². The van der Waals surface area contributed by atoms with E-state index in [9.17, 15) is 9.59 Å². The fourth-order valence-electron chi connectivity index (χ4n) is 2.13. The van der Waals surface area contributed by atoms with E-state index in [-0.39, 0.29) is 24.0 Å². The van der Waals surface area contributed by atoms with E-state index in [1.807, 2.05) is 13.8 Å². The molecule has 0 saturated carbocycles. The molecular weight excluding hydrogens is 220 g/mol. The van der Waals surface area contributed by atoms with Crippen molar-refractivity contribution in [2.45, 2.75) is 45.7 Å². The lowest BCUT2D eigenvalue weighted by Crippen LogP contribution is -2.49. The van der Waals surface area contributed by atoms with Crippen LogP contribution in [0.25, 0.3) is 0 Å². The molecule has 1 unspecified atom stereocenters. The minimum atomic E-state index is -0.187. The summed E-state index contributed by atoms with van der Waals surface area (Å²) in [5.74, 6) is -0.146. The maximum absolute atomic E-state index is 11.6. The van der Waals surface area contributed by atoms with Crippen molar-refractivity contribution >= 4 is 11.9 Å². The first-order valence-corrected chi connectivity index (χ1v) is 6.22. The Morgan fingerprint density at radius 2 is 2.00 bits per heavy atom. The Hall–Kier alpha value is -1.10. The molecule has 0 spiro atoms. The summed E-state index contributed by atoms with van der Waals surface area (Å²) in [6.45, 7) is 7.29. The van der Waals surface area contributed by atoms with Crippen LogP contribution < -0.4 is 5.32 Å². The molecule has 0 aromatic rings. The highest BCUT2D eigenvalue weighted by Gasteiger charge is 2.27. The predicted molar refractivity (Wildman–Crippen MR) is 64.5 cm³/mol. The standard InChI is InChI=1S/C12H22N2O3/c1-4-17-12(16)9(2)14-7-5-11(6-8-14)13-10(3)15/h9,11H,4-8H2,1-3H3,(H,13,15). The van der Waals surface area contributed by atoms with Crippen LogP contribution in [0.15, 0.2) is 0 Å². The van der Waals surface area contributed by atoms with Crippen LogP contribution in [0.4, 0.5) is 0 Å². The number of ether oxygens (including phenoxy) is 1. The lowest BCUT2D eigenvalue weighted by molar-refractivity contribution is -0.149. The van der Waals surface area contributed by atoms with E-state index >= 15 is 0 Å². The average molecular weight is 242 g/mol. The van der Waals surface area contributed by atoms with E-state index < -0.39 is 0 Å². The third kappa shape index (κ3) is 4.34. The van der Waals surface area contributed by atoms with Gasteiger partial charge in [-0.2, -0.15) is 0 Å². The summed E-state index contributed by atoms with van der Waals surface area (Å²) in [7, 11) is 0. The van der Waals surface area contributed by atoms with Crippen LogP contribution in [-0.2, 0) is 14.3 Å². The number of carbonyl (C=O) groups is 2. The highest BCUT2D eigenvalue weighted by molar-refractivity contribution is 5.75. The molecule has 1 N–H and O–H groups in total. The minimum absolute atomic E-state index is 0.0156. The van der Waals surface area contributed by atoms with Gasteiger partial charge in [-0.25, -0.2) is 0 Å². The molecule has 1 saturated heterocycles. The zero-order chi connectivity index (χ0) is 12.8. The summed E-state index contributed by atoms with van der Waals surface area (Å²) in [5, 5.41) is 2.91. The molecule has 1 heterocycles. The molecule has 1 fully saturated rings. The van der Waals surface area contributed by atoms with Crippen LogP contribution in [0.5, 0.6) is 0 Å². The van der Waals surface area contributed by atoms with Gasteiger partial charge < -0.3 is 10.1 Å². The molecule has 1 amide bonds. The van der Waals surface area contributed by atoms with Crippen LogP contribution in [0.2, 0.25) is 0 Å². The molecule has 17 heavy (non-hydrogen) atoms. The summed E-state index contributed by atoms with van der Waals surface area (Å²) in [5.41, 5.74) is 0. The zero-order valence-electron chi connectivity index (χ0n) is 10.9. The van der Waals surface area contributed by atoms with Gasteiger partial charge in [0.2, 0.25) is 5.91 Å². The number of amides is 1. The average Bonchev–Trinajstić information content (AvgIpc) is 2.28. The molecule has 1 aliphatic heterocycles. The maximum Gasteiger partial charge on any atom is 0.323 e. The van der Waals surface area contributed by atoms with Crippen molar-refractivity contribution < 1.29 is 14.3 Å². The van der Waals surface area contributed by atoms with Crippen molar-refractivity contribution in [3.8, 4) is 0 Å². The fraction of sp³-hybridized carbons (Fsp3) is 0.833. The second-order valence-corrected chi connectivity index (χ2v) is 4.44. The molecule has 0 aromatic carbocycles. The van der Waals surface area contributed by atoms with Gasteiger partial charge in [0, 0.05) is 26.1 Å². The van der Waals surface area contributed by atoms with E-state index in [0.29, 0.717) is 6.61 Å². The van der Waals surface area contributed by atoms with E-state index in [2.05, 4.69) is 10.2 Å². The van der Waals surface area contributed by atoms with Crippen molar-refractivity contribution in [3.05, 3.63) is 0 Å². The molecule has 0 radical (unpaired) electrons. The smallest absolute Gasteiger partial charge is 0.323 e. The lowest BCUT2D eigenvalue weighted by atomic mass is 10.0. The third-order valence-corrected chi connectivity index (χ3v) is 3.11. The normalized spacial score (nSPS) is 19.7. The van der Waals surface area contributed by atoms with Crippen LogP contribution in [0.1, 0.15) is 33.6 Å². The molecule has 1 atom stereocenters. The van der Waals surface area contributed by atoms with Gasteiger partial charge in [0.05, 0.1) is 6.61 Å². The number of likely N-dealkylation sites (tertiary alicyclic amines) is 1. The summed E-state index contributed by atoms with van der Waals surface area (Å²) < 4.78 is 5.00. The first-order chi connectivity index (χ1) is 8.04. The Kier molecular flexibility index (Phi) is 5.41. The van der Waals surface area contributed by atoms with Gasteiger partial charge in [0.25, 0.3) is 0 Å². The van der Waals surface area contributed by atoms with Gasteiger partial charge in [0.1, 0.15) is 6.04 Å². The van der Waals surface area contributed by atoms with E-state index in [4.69, 9.17) is 4.74 Å². The number of rotatable bonds is 4. The van der Waals surface area contributed by atoms with E-state index in [1.54, 1.807) is 0 Å². The van der Waals surface area contributed by atoms with Crippen molar-refractivity contribution in [3.63, 3.8) is 0 Å². The van der Waals surface area contributed by atoms with Gasteiger partial charge in [-0.05, 0) is 26.7 Å². The van der Waals surface area contributed by atoms with Gasteiger partial charge >= 0.3 is 5.97 Å². The van der Waals surface area contributed by atoms with Crippen molar-refractivity contribution in [1.29, 1.82) is 0 Å². The molecule has 0 aliphatic carbocycles. The number of piperidine rings is 1. The van der Waals surface area contributed by atoms with Gasteiger partial charge in [-0.15, -0.1) is 0 Å². The largest absolute Gasteiger partial charge is 0.465 e. The van der Waals surface area contributed by atoms with Gasteiger partial charge in [0.15, 0.2) is 0 Å². The fourth-order valence-corrected chi connectivity index (χ4v) is 2.13. The number of esters is 1. The Labute approximate surface area is 102 Å². The van der Waals surface area contributed by atoms with Crippen LogP contribution >= 0.6 is 0 Å². The number of hydrogen-bond donors (Lipinski definition) is 1. The summed E-state index contributed by atoms with van der Waals surface area (Å²) >= 11 is 0. The molecule has 0 bridgehead atoms. The SMILES string of the molecule is CCOC(=O)C(C)N1CCC(NC(C)=O)CC1. The second-order valence-electron chi connectivity index (χ2n) is 4.44. The monoisotopic (exact) mass is 242 g/mol. The lowest BCUT2D eigenvalue weighted by Gasteiger charge is -2.34. The molecule has 98 valence electrons. The Morgan fingerprint density at radius 3 is 2.47 bits per heavy atom. The molecular formula is C12H22N2O3. The van der Waals surface area contributed by atoms with Crippen molar-refractivity contribution in [2.75, 3.05) is 19.7 Å². The number of nitrogens with one attached hydrogen (secondary N) is 1. The van der Waals surface area contributed by atoms with Crippen LogP contribution in [-0.4, -0.2) is 48.6 Å². The first kappa shape index (κ1) is 14.0. The summed E-state index contributed by atoms with van der Waals surface area (Å²) in [4.78, 5) is 24.6. The molecule has 1 aliphatic rings. The van der Waals surface area contributed by atoms with Crippen molar-refractivity contribution in [2.24, 2.45) is 0 Å². The van der Waals surface area contributed by atoms with Gasteiger partial charge in [-0.1, -0.05) is 0 Å². The molecule has 1 rings (SSSR count). The molecule has 0 aromatic heterocycles. The minimum Gasteiger partial charge on any atom is -0.465 e. The Balaban J connectivity index is 2.35. The third-order valence-electron chi connectivity index (χ3n) is 3.11.